The van der Waals surface area contributed by atoms with E-state index in [0.29, 0.717) is 31.6 Å². The fourth-order valence-electron chi connectivity index (χ4n) is 3.14. The number of rotatable bonds is 3. The van der Waals surface area contributed by atoms with Crippen LogP contribution in [0.25, 0.3) is 0 Å². The standard InChI is InChI=1S/C17H19N3O4/c21-15-8-7-14(18-19-15)16(22)20-9-1-2-13(10-20)11-3-5-12(6-4-11)17(23)24/h3-6,13H,1-2,7-10H2,(H,19,21)(H,23,24)/t13-/m1/s1. The van der Waals surface area contributed by atoms with Crippen molar-refractivity contribution < 1.29 is 19.5 Å². The molecule has 1 saturated heterocycles. The number of carboxylic acids is 1. The molecule has 0 spiro atoms. The lowest BCUT2D eigenvalue weighted by molar-refractivity contribution is -0.125. The number of hydrogen-bond acceptors (Lipinski definition) is 4. The molecule has 2 amide bonds. The van der Waals surface area contributed by atoms with Crippen LogP contribution in [-0.2, 0) is 9.59 Å². The third-order valence-electron chi connectivity index (χ3n) is 4.49. The SMILES string of the molecule is O=C1CCC(C(=O)N2CCC[C@@H](c3ccc(C(=O)O)cc3)C2)=NN1. The summed E-state index contributed by atoms with van der Waals surface area (Å²) in [7, 11) is 0. The number of carboxylic acid groups (broad SMARTS) is 1. The Morgan fingerprint density at radius 1 is 1.21 bits per heavy atom. The quantitative estimate of drug-likeness (QED) is 0.874. The second-order valence-corrected chi connectivity index (χ2v) is 6.11. The average molecular weight is 329 g/mol. The van der Waals surface area contributed by atoms with E-state index in [1.807, 2.05) is 12.1 Å². The largest absolute Gasteiger partial charge is 0.478 e. The lowest BCUT2D eigenvalue weighted by atomic mass is 9.90. The molecule has 1 aromatic rings. The van der Waals surface area contributed by atoms with Gasteiger partial charge in [-0.15, -0.1) is 0 Å². The van der Waals surface area contributed by atoms with Crippen molar-refractivity contribution in [2.45, 2.75) is 31.6 Å². The lowest BCUT2D eigenvalue weighted by Crippen LogP contribution is -2.44. The van der Waals surface area contributed by atoms with Crippen LogP contribution in [0, 0.1) is 0 Å². The molecule has 0 saturated carbocycles. The zero-order chi connectivity index (χ0) is 17.1. The molecule has 0 aliphatic carbocycles. The number of piperidine rings is 1. The van der Waals surface area contributed by atoms with Gasteiger partial charge in [-0.1, -0.05) is 12.1 Å². The molecule has 0 bridgehead atoms. The summed E-state index contributed by atoms with van der Waals surface area (Å²) in [5.41, 5.74) is 4.05. The number of carbonyl (C=O) groups excluding carboxylic acids is 2. The van der Waals surface area contributed by atoms with E-state index in [-0.39, 0.29) is 23.3 Å². The number of nitrogens with one attached hydrogen (secondary N) is 1. The zero-order valence-corrected chi connectivity index (χ0v) is 13.2. The minimum atomic E-state index is -0.945. The van der Waals surface area contributed by atoms with Gasteiger partial charge in [0.15, 0.2) is 0 Å². The Morgan fingerprint density at radius 3 is 2.58 bits per heavy atom. The highest BCUT2D eigenvalue weighted by molar-refractivity contribution is 6.39. The van der Waals surface area contributed by atoms with Crippen LogP contribution in [0.2, 0.25) is 0 Å². The van der Waals surface area contributed by atoms with Crippen molar-refractivity contribution in [3.63, 3.8) is 0 Å². The van der Waals surface area contributed by atoms with Crippen molar-refractivity contribution in [1.29, 1.82) is 0 Å². The Morgan fingerprint density at radius 2 is 1.96 bits per heavy atom. The van der Waals surface area contributed by atoms with Crippen LogP contribution >= 0.6 is 0 Å². The molecule has 7 heteroatoms. The van der Waals surface area contributed by atoms with Crippen molar-refractivity contribution in [2.24, 2.45) is 5.10 Å². The molecule has 0 aromatic heterocycles. The molecule has 0 unspecified atom stereocenters. The van der Waals surface area contributed by atoms with Gasteiger partial charge in [0.1, 0.15) is 5.71 Å². The highest BCUT2D eigenvalue weighted by atomic mass is 16.4. The van der Waals surface area contributed by atoms with Gasteiger partial charge < -0.3 is 10.0 Å². The molecule has 0 radical (unpaired) electrons. The first-order valence-corrected chi connectivity index (χ1v) is 8.02. The van der Waals surface area contributed by atoms with Crippen molar-refractivity contribution in [3.8, 4) is 0 Å². The second-order valence-electron chi connectivity index (χ2n) is 6.11. The Balaban J connectivity index is 1.68. The van der Waals surface area contributed by atoms with Gasteiger partial charge >= 0.3 is 5.97 Å². The Labute approximate surface area is 139 Å². The van der Waals surface area contributed by atoms with Crippen LogP contribution in [0.5, 0.6) is 0 Å². The van der Waals surface area contributed by atoms with Gasteiger partial charge in [-0.25, -0.2) is 10.2 Å². The summed E-state index contributed by atoms with van der Waals surface area (Å²) in [5.74, 6) is -1.05. The summed E-state index contributed by atoms with van der Waals surface area (Å²) in [6.45, 7) is 1.26. The van der Waals surface area contributed by atoms with Crippen LogP contribution in [0.1, 0.15) is 47.5 Å². The maximum Gasteiger partial charge on any atom is 0.335 e. The zero-order valence-electron chi connectivity index (χ0n) is 13.2. The second kappa shape index (κ2) is 6.82. The summed E-state index contributed by atoms with van der Waals surface area (Å²) >= 11 is 0. The number of benzene rings is 1. The van der Waals surface area contributed by atoms with Crippen molar-refractivity contribution in [3.05, 3.63) is 35.4 Å². The molecule has 126 valence electrons. The van der Waals surface area contributed by atoms with E-state index in [1.54, 1.807) is 17.0 Å². The molecular formula is C17H19N3O4. The van der Waals surface area contributed by atoms with E-state index in [0.717, 1.165) is 18.4 Å². The highest BCUT2D eigenvalue weighted by Gasteiger charge is 2.28. The van der Waals surface area contributed by atoms with E-state index < -0.39 is 5.97 Å². The molecule has 2 aliphatic rings. The normalized spacial score (nSPS) is 21.0. The topological polar surface area (TPSA) is 99.1 Å². The van der Waals surface area contributed by atoms with Gasteiger partial charge in [0.05, 0.1) is 5.56 Å². The first kappa shape index (κ1) is 16.2. The van der Waals surface area contributed by atoms with Crippen LogP contribution < -0.4 is 5.43 Å². The average Bonchev–Trinajstić information content (AvgIpc) is 2.62. The number of aromatic carboxylic acids is 1. The molecular weight excluding hydrogens is 310 g/mol. The molecule has 2 heterocycles. The van der Waals surface area contributed by atoms with Gasteiger partial charge in [-0.3, -0.25) is 9.59 Å². The molecule has 1 atom stereocenters. The highest BCUT2D eigenvalue weighted by Crippen LogP contribution is 2.27. The first-order chi connectivity index (χ1) is 11.5. The summed E-state index contributed by atoms with van der Waals surface area (Å²) in [5, 5.41) is 12.8. The molecule has 24 heavy (non-hydrogen) atoms. The summed E-state index contributed by atoms with van der Waals surface area (Å²) < 4.78 is 0. The van der Waals surface area contributed by atoms with E-state index in [1.165, 1.54) is 0 Å². The van der Waals surface area contributed by atoms with Crippen LogP contribution in [0.4, 0.5) is 0 Å². The molecule has 1 fully saturated rings. The van der Waals surface area contributed by atoms with Crippen LogP contribution in [-0.4, -0.2) is 46.6 Å². The van der Waals surface area contributed by atoms with Crippen molar-refractivity contribution in [2.75, 3.05) is 13.1 Å². The third-order valence-corrected chi connectivity index (χ3v) is 4.49. The fraction of sp³-hybridized carbons (Fsp3) is 0.412. The number of carbonyl (C=O) groups is 3. The Kier molecular flexibility index (Phi) is 4.59. The lowest BCUT2D eigenvalue weighted by Gasteiger charge is -2.33. The number of likely N-dealkylation sites (tertiary alicyclic amines) is 1. The van der Waals surface area contributed by atoms with E-state index in [9.17, 15) is 14.4 Å². The van der Waals surface area contributed by atoms with Gasteiger partial charge in [0.25, 0.3) is 5.91 Å². The van der Waals surface area contributed by atoms with Crippen molar-refractivity contribution >= 4 is 23.5 Å². The maximum atomic E-state index is 12.5. The van der Waals surface area contributed by atoms with Gasteiger partial charge in [-0.2, -0.15) is 5.10 Å². The fourth-order valence-corrected chi connectivity index (χ4v) is 3.14. The molecule has 2 aliphatic heterocycles. The number of nitrogens with zero attached hydrogens (tertiary/aromatic N) is 2. The molecule has 3 rings (SSSR count). The minimum absolute atomic E-state index is 0.123. The van der Waals surface area contributed by atoms with E-state index >= 15 is 0 Å². The predicted molar refractivity (Wildman–Crippen MR) is 86.8 cm³/mol. The Hall–Kier alpha value is -2.70. The summed E-state index contributed by atoms with van der Waals surface area (Å²) in [6, 6.07) is 6.83. The first-order valence-electron chi connectivity index (χ1n) is 8.02. The van der Waals surface area contributed by atoms with Crippen LogP contribution in [0.15, 0.2) is 29.4 Å². The number of hydrogen-bond donors (Lipinski definition) is 2. The number of hydrazone groups is 1. The van der Waals surface area contributed by atoms with E-state index in [4.69, 9.17) is 5.11 Å². The van der Waals surface area contributed by atoms with Gasteiger partial charge in [-0.05, 0) is 30.5 Å². The number of amides is 2. The molecule has 7 nitrogen and oxygen atoms in total. The smallest absolute Gasteiger partial charge is 0.335 e. The monoisotopic (exact) mass is 329 g/mol. The maximum absolute atomic E-state index is 12.5. The predicted octanol–water partition coefficient (Wildman–Crippen LogP) is 1.36. The van der Waals surface area contributed by atoms with Gasteiger partial charge in [0, 0.05) is 31.8 Å². The summed E-state index contributed by atoms with van der Waals surface area (Å²) in [6.07, 6.45) is 2.51. The van der Waals surface area contributed by atoms with Crippen molar-refractivity contribution in [1.82, 2.24) is 10.3 Å². The minimum Gasteiger partial charge on any atom is -0.478 e. The van der Waals surface area contributed by atoms with Gasteiger partial charge in [0.2, 0.25) is 5.91 Å². The Bertz CT molecular complexity index is 696. The molecule has 2 N–H and O–H groups in total. The molecule has 1 aromatic carbocycles. The summed E-state index contributed by atoms with van der Waals surface area (Å²) in [4.78, 5) is 36.4. The van der Waals surface area contributed by atoms with Crippen LogP contribution in [0.3, 0.4) is 0 Å². The van der Waals surface area contributed by atoms with E-state index in [2.05, 4.69) is 10.5 Å². The third kappa shape index (κ3) is 3.45.